The lowest BCUT2D eigenvalue weighted by Gasteiger charge is -2.19. The maximum absolute atomic E-state index is 13.2. The maximum atomic E-state index is 13.2. The van der Waals surface area contributed by atoms with E-state index in [4.69, 9.17) is 0 Å². The van der Waals surface area contributed by atoms with Gasteiger partial charge in [-0.1, -0.05) is 32.9 Å². The average molecular weight is 273 g/mol. The molecule has 0 fully saturated rings. The third-order valence-electron chi connectivity index (χ3n) is 3.05. The van der Waals surface area contributed by atoms with E-state index in [2.05, 4.69) is 36.1 Å². The van der Waals surface area contributed by atoms with Gasteiger partial charge in [-0.2, -0.15) is 0 Å². The number of halogens is 1. The normalized spacial score (nSPS) is 11.4. The second-order valence-electron chi connectivity index (χ2n) is 5.86. The zero-order valence-corrected chi connectivity index (χ0v) is 12.4. The Morgan fingerprint density at radius 2 is 1.90 bits per heavy atom. The van der Waals surface area contributed by atoms with E-state index in [0.717, 1.165) is 17.1 Å². The van der Waals surface area contributed by atoms with Gasteiger partial charge in [-0.15, -0.1) is 0 Å². The van der Waals surface area contributed by atoms with Gasteiger partial charge in [0.1, 0.15) is 17.5 Å². The molecule has 1 heterocycles. The number of benzene rings is 1. The third kappa shape index (κ3) is 3.53. The molecule has 0 atom stereocenters. The molecule has 106 valence electrons. The molecule has 0 amide bonds. The topological polar surface area (TPSA) is 37.8 Å². The second kappa shape index (κ2) is 5.57. The van der Waals surface area contributed by atoms with Crippen LogP contribution in [0.15, 0.2) is 30.3 Å². The Balaban J connectivity index is 2.36. The van der Waals surface area contributed by atoms with Crippen molar-refractivity contribution >= 4 is 5.82 Å². The van der Waals surface area contributed by atoms with Gasteiger partial charge in [0, 0.05) is 24.9 Å². The van der Waals surface area contributed by atoms with Gasteiger partial charge in [0.2, 0.25) is 0 Å². The first-order valence-corrected chi connectivity index (χ1v) is 6.69. The SMILES string of the molecule is CNc1cc(C(C)(C)C)nc(Cc2cccc(F)c2)n1. The number of aromatic nitrogens is 2. The summed E-state index contributed by atoms with van der Waals surface area (Å²) in [4.78, 5) is 9.05. The number of rotatable bonds is 3. The van der Waals surface area contributed by atoms with Crippen LogP contribution in [0.25, 0.3) is 0 Å². The Morgan fingerprint density at radius 3 is 2.50 bits per heavy atom. The van der Waals surface area contributed by atoms with Crippen LogP contribution in [0.3, 0.4) is 0 Å². The van der Waals surface area contributed by atoms with E-state index < -0.39 is 0 Å². The van der Waals surface area contributed by atoms with Crippen molar-refractivity contribution in [1.82, 2.24) is 9.97 Å². The summed E-state index contributed by atoms with van der Waals surface area (Å²) in [5.74, 6) is 1.26. The molecular weight excluding hydrogens is 253 g/mol. The molecule has 0 unspecified atom stereocenters. The van der Waals surface area contributed by atoms with E-state index in [1.807, 2.05) is 19.2 Å². The first-order chi connectivity index (χ1) is 9.38. The van der Waals surface area contributed by atoms with Crippen molar-refractivity contribution < 1.29 is 4.39 Å². The summed E-state index contributed by atoms with van der Waals surface area (Å²) in [7, 11) is 1.83. The van der Waals surface area contributed by atoms with Gasteiger partial charge < -0.3 is 5.32 Å². The molecule has 20 heavy (non-hydrogen) atoms. The predicted molar refractivity (Wildman–Crippen MR) is 79.5 cm³/mol. The predicted octanol–water partition coefficient (Wildman–Crippen LogP) is 3.55. The van der Waals surface area contributed by atoms with Crippen LogP contribution < -0.4 is 5.32 Å². The Labute approximate surface area is 119 Å². The van der Waals surface area contributed by atoms with Gasteiger partial charge in [-0.25, -0.2) is 14.4 Å². The minimum Gasteiger partial charge on any atom is -0.373 e. The van der Waals surface area contributed by atoms with E-state index in [1.165, 1.54) is 12.1 Å². The fourth-order valence-corrected chi connectivity index (χ4v) is 1.92. The number of hydrogen-bond acceptors (Lipinski definition) is 3. The van der Waals surface area contributed by atoms with Gasteiger partial charge in [-0.3, -0.25) is 0 Å². The lowest BCUT2D eigenvalue weighted by atomic mass is 9.92. The molecule has 0 aliphatic heterocycles. The number of nitrogens with one attached hydrogen (secondary N) is 1. The summed E-state index contributed by atoms with van der Waals surface area (Å²) < 4.78 is 13.2. The molecule has 0 bridgehead atoms. The van der Waals surface area contributed by atoms with Crippen LogP contribution in [-0.4, -0.2) is 17.0 Å². The summed E-state index contributed by atoms with van der Waals surface area (Å²) in [5, 5.41) is 3.05. The highest BCUT2D eigenvalue weighted by molar-refractivity contribution is 5.38. The molecule has 0 aliphatic carbocycles. The van der Waals surface area contributed by atoms with Crippen LogP contribution in [0.5, 0.6) is 0 Å². The lowest BCUT2D eigenvalue weighted by molar-refractivity contribution is 0.563. The van der Waals surface area contributed by atoms with E-state index in [0.29, 0.717) is 12.2 Å². The summed E-state index contributed by atoms with van der Waals surface area (Å²) in [5.41, 5.74) is 1.80. The molecule has 1 N–H and O–H groups in total. The van der Waals surface area contributed by atoms with Gasteiger partial charge in [0.25, 0.3) is 0 Å². The molecular formula is C16H20FN3. The smallest absolute Gasteiger partial charge is 0.135 e. The van der Waals surface area contributed by atoms with Crippen LogP contribution in [0, 0.1) is 5.82 Å². The first kappa shape index (κ1) is 14.4. The zero-order chi connectivity index (χ0) is 14.8. The van der Waals surface area contributed by atoms with Gasteiger partial charge >= 0.3 is 0 Å². The molecule has 4 heteroatoms. The molecule has 1 aromatic heterocycles. The van der Waals surface area contributed by atoms with Crippen LogP contribution in [-0.2, 0) is 11.8 Å². The molecule has 0 saturated carbocycles. The number of nitrogens with zero attached hydrogens (tertiary/aromatic N) is 2. The summed E-state index contributed by atoms with van der Waals surface area (Å²) in [6, 6.07) is 8.50. The minimum atomic E-state index is -0.233. The van der Waals surface area contributed by atoms with Gasteiger partial charge in [0.15, 0.2) is 0 Å². The second-order valence-corrected chi connectivity index (χ2v) is 5.86. The van der Waals surface area contributed by atoms with Crippen molar-refractivity contribution in [2.45, 2.75) is 32.6 Å². The molecule has 3 nitrogen and oxygen atoms in total. The Bertz CT molecular complexity index is 603. The van der Waals surface area contributed by atoms with E-state index in [1.54, 1.807) is 6.07 Å². The average Bonchev–Trinajstić information content (AvgIpc) is 2.37. The molecule has 0 aliphatic rings. The lowest BCUT2D eigenvalue weighted by Crippen LogP contribution is -2.16. The van der Waals surface area contributed by atoms with E-state index in [-0.39, 0.29) is 11.2 Å². The quantitative estimate of drug-likeness (QED) is 0.929. The van der Waals surface area contributed by atoms with Crippen LogP contribution in [0.4, 0.5) is 10.2 Å². The van der Waals surface area contributed by atoms with Crippen molar-refractivity contribution in [2.24, 2.45) is 0 Å². The fraction of sp³-hybridized carbons (Fsp3) is 0.375. The number of hydrogen-bond donors (Lipinski definition) is 1. The minimum absolute atomic E-state index is 0.0504. The molecule has 0 radical (unpaired) electrons. The van der Waals surface area contributed by atoms with Crippen LogP contribution in [0.2, 0.25) is 0 Å². The third-order valence-corrected chi connectivity index (χ3v) is 3.05. The van der Waals surface area contributed by atoms with Gasteiger partial charge in [0.05, 0.1) is 5.69 Å². The fourth-order valence-electron chi connectivity index (χ4n) is 1.92. The maximum Gasteiger partial charge on any atom is 0.135 e. The van der Waals surface area contributed by atoms with E-state index in [9.17, 15) is 4.39 Å². The van der Waals surface area contributed by atoms with Crippen molar-refractivity contribution in [1.29, 1.82) is 0 Å². The molecule has 0 spiro atoms. The summed E-state index contributed by atoms with van der Waals surface area (Å²) in [6.45, 7) is 6.34. The largest absolute Gasteiger partial charge is 0.373 e. The standard InChI is InChI=1S/C16H20FN3/c1-16(2,3)13-10-14(18-4)20-15(19-13)9-11-6-5-7-12(17)8-11/h5-8,10H,9H2,1-4H3,(H,18,19,20). The van der Waals surface area contributed by atoms with Crippen molar-refractivity contribution in [3.05, 3.63) is 53.2 Å². The Hall–Kier alpha value is -1.97. The molecule has 2 aromatic rings. The molecule has 2 rings (SSSR count). The van der Waals surface area contributed by atoms with Crippen LogP contribution in [0.1, 0.15) is 37.9 Å². The molecule has 0 saturated heterocycles. The van der Waals surface area contributed by atoms with Crippen LogP contribution >= 0.6 is 0 Å². The monoisotopic (exact) mass is 273 g/mol. The Morgan fingerprint density at radius 1 is 1.15 bits per heavy atom. The summed E-state index contributed by atoms with van der Waals surface area (Å²) in [6.07, 6.45) is 0.524. The highest BCUT2D eigenvalue weighted by atomic mass is 19.1. The highest BCUT2D eigenvalue weighted by Crippen LogP contribution is 2.22. The first-order valence-electron chi connectivity index (χ1n) is 6.69. The van der Waals surface area contributed by atoms with Crippen molar-refractivity contribution in [2.75, 3.05) is 12.4 Å². The Kier molecular flexibility index (Phi) is 4.02. The zero-order valence-electron chi connectivity index (χ0n) is 12.4. The van der Waals surface area contributed by atoms with Crippen molar-refractivity contribution in [3.8, 4) is 0 Å². The van der Waals surface area contributed by atoms with Crippen molar-refractivity contribution in [3.63, 3.8) is 0 Å². The summed E-state index contributed by atoms with van der Waals surface area (Å²) >= 11 is 0. The number of anilines is 1. The van der Waals surface area contributed by atoms with Gasteiger partial charge in [-0.05, 0) is 17.7 Å². The molecule has 1 aromatic carbocycles. The van der Waals surface area contributed by atoms with E-state index >= 15 is 0 Å². The highest BCUT2D eigenvalue weighted by Gasteiger charge is 2.17.